The number of benzene rings is 2. The number of rotatable bonds is 6. The molecule has 0 saturated heterocycles. The Kier molecular flexibility index (Phi) is 5.29. The number of aryl methyl sites for hydroxylation is 2. The van der Waals surface area contributed by atoms with Crippen molar-refractivity contribution in [1.29, 1.82) is 0 Å². The molecule has 1 aromatic heterocycles. The van der Waals surface area contributed by atoms with Gasteiger partial charge in [0.05, 0.1) is 27.4 Å². The minimum atomic E-state index is -3.60. The zero-order valence-electron chi connectivity index (χ0n) is 15.2. The van der Waals surface area contributed by atoms with E-state index in [4.69, 9.17) is 0 Å². The van der Waals surface area contributed by atoms with Gasteiger partial charge in [-0.15, -0.1) is 11.3 Å². The van der Waals surface area contributed by atoms with Gasteiger partial charge in [-0.1, -0.05) is 25.1 Å². The lowest BCUT2D eigenvalue weighted by Crippen LogP contribution is -2.15. The zero-order valence-corrected chi connectivity index (χ0v) is 17.6. The largest absolute Gasteiger partial charge is 0.283 e. The molecule has 3 aromatic rings. The van der Waals surface area contributed by atoms with E-state index >= 15 is 0 Å². The second-order valence-corrected chi connectivity index (χ2v) is 11.6. The molecule has 0 saturated carbocycles. The van der Waals surface area contributed by atoms with Crippen molar-refractivity contribution >= 4 is 47.1 Å². The van der Waals surface area contributed by atoms with Gasteiger partial charge in [0.15, 0.2) is 0 Å². The van der Waals surface area contributed by atoms with Gasteiger partial charge in [0.2, 0.25) is 24.2 Å². The molecule has 1 heterocycles. The number of nitrogens with one attached hydrogen (secondary N) is 1. The first kappa shape index (κ1) is 19.8. The van der Waals surface area contributed by atoms with Crippen LogP contribution in [0.4, 0.5) is 5.69 Å². The van der Waals surface area contributed by atoms with Gasteiger partial charge in [-0.25, -0.2) is 21.8 Å². The molecule has 0 aliphatic rings. The molecule has 1 N–H and O–H groups in total. The smallest absolute Gasteiger partial charge is 0.236 e. The number of nitrogens with zero attached hydrogens (tertiary/aromatic N) is 1. The van der Waals surface area contributed by atoms with E-state index in [0.29, 0.717) is 21.5 Å². The molecule has 0 atom stereocenters. The molecule has 0 radical (unpaired) electrons. The third-order valence-electron chi connectivity index (χ3n) is 4.22. The molecule has 0 spiro atoms. The van der Waals surface area contributed by atoms with E-state index in [2.05, 4.69) is 9.71 Å². The van der Waals surface area contributed by atoms with Crippen LogP contribution in [0.25, 0.3) is 10.2 Å². The van der Waals surface area contributed by atoms with Crippen LogP contribution in [0.3, 0.4) is 0 Å². The van der Waals surface area contributed by atoms with E-state index in [0.717, 1.165) is 22.5 Å². The summed E-state index contributed by atoms with van der Waals surface area (Å²) >= 11 is 1.04. The molecule has 0 fully saturated rings. The number of fused-ring (bicyclic) bond motifs is 1. The van der Waals surface area contributed by atoms with E-state index in [9.17, 15) is 16.8 Å². The van der Waals surface area contributed by atoms with Gasteiger partial charge in [-0.2, -0.15) is 0 Å². The SMILES string of the molecule is CCS(=O)(=O)c1nc2ccc(NS(=O)(=O)Cc3ccc(C)c(C)c3)cc2s1. The Balaban J connectivity index is 1.85. The quantitative estimate of drug-likeness (QED) is 0.652. The lowest BCUT2D eigenvalue weighted by Gasteiger charge is -2.09. The molecule has 3 rings (SSSR count). The van der Waals surface area contributed by atoms with Gasteiger partial charge in [-0.05, 0) is 48.7 Å². The Labute approximate surface area is 163 Å². The van der Waals surface area contributed by atoms with E-state index in [-0.39, 0.29) is 15.8 Å². The number of sulfonamides is 1. The Morgan fingerprint density at radius 2 is 1.74 bits per heavy atom. The molecule has 0 unspecified atom stereocenters. The summed E-state index contributed by atoms with van der Waals surface area (Å²) in [4.78, 5) is 4.13. The second-order valence-electron chi connectivity index (χ2n) is 6.35. The van der Waals surface area contributed by atoms with Crippen molar-refractivity contribution < 1.29 is 16.8 Å². The van der Waals surface area contributed by atoms with Gasteiger partial charge in [0.25, 0.3) is 0 Å². The molecule has 9 heteroatoms. The van der Waals surface area contributed by atoms with E-state index in [1.54, 1.807) is 31.2 Å². The van der Waals surface area contributed by atoms with Gasteiger partial charge in [0.1, 0.15) is 0 Å². The Bertz CT molecular complexity index is 1210. The van der Waals surface area contributed by atoms with Crippen LogP contribution in [0.2, 0.25) is 0 Å². The highest BCUT2D eigenvalue weighted by Gasteiger charge is 2.18. The molecule has 0 amide bonds. The van der Waals surface area contributed by atoms with Gasteiger partial charge < -0.3 is 0 Å². The molecule has 6 nitrogen and oxygen atoms in total. The third-order valence-corrected chi connectivity index (χ3v) is 8.68. The third kappa shape index (κ3) is 4.48. The van der Waals surface area contributed by atoms with E-state index < -0.39 is 19.9 Å². The normalized spacial score (nSPS) is 12.4. The fourth-order valence-corrected chi connectivity index (χ4v) is 6.08. The van der Waals surface area contributed by atoms with Crippen LogP contribution in [0.1, 0.15) is 23.6 Å². The van der Waals surface area contributed by atoms with Crippen LogP contribution in [0.5, 0.6) is 0 Å². The minimum Gasteiger partial charge on any atom is -0.283 e. The standard InChI is InChI=1S/C18H20N2O4S3/c1-4-26(21,22)18-19-16-8-7-15(10-17(16)25-18)20-27(23,24)11-14-6-5-12(2)13(3)9-14/h5-10,20H,4,11H2,1-3H3. The lowest BCUT2D eigenvalue weighted by molar-refractivity contribution is 0.596. The summed E-state index contributed by atoms with van der Waals surface area (Å²) in [5, 5.41) is 0. The summed E-state index contributed by atoms with van der Waals surface area (Å²) in [5.41, 5.74) is 3.77. The molecule has 27 heavy (non-hydrogen) atoms. The summed E-state index contributed by atoms with van der Waals surface area (Å²) in [6, 6.07) is 10.4. The number of aromatic nitrogens is 1. The van der Waals surface area contributed by atoms with Crippen molar-refractivity contribution in [3.8, 4) is 0 Å². The van der Waals surface area contributed by atoms with Gasteiger partial charge in [0, 0.05) is 0 Å². The molecule has 0 bridgehead atoms. The predicted molar refractivity (Wildman–Crippen MR) is 110 cm³/mol. The fourth-order valence-electron chi connectivity index (χ4n) is 2.55. The highest BCUT2D eigenvalue weighted by atomic mass is 32.2. The average Bonchev–Trinajstić information content (AvgIpc) is 3.01. The maximum Gasteiger partial charge on any atom is 0.236 e. The van der Waals surface area contributed by atoms with Crippen molar-refractivity contribution in [3.05, 3.63) is 53.1 Å². The number of sulfone groups is 1. The molecular formula is C18H20N2O4S3. The first-order chi connectivity index (χ1) is 12.6. The Hall–Kier alpha value is -1.97. The second kappa shape index (κ2) is 7.21. The maximum absolute atomic E-state index is 12.5. The van der Waals surface area contributed by atoms with Crippen molar-refractivity contribution in [1.82, 2.24) is 4.98 Å². The van der Waals surface area contributed by atoms with E-state index in [1.807, 2.05) is 26.0 Å². The predicted octanol–water partition coefficient (Wildman–Crippen LogP) is 3.65. The van der Waals surface area contributed by atoms with Gasteiger partial charge in [-0.3, -0.25) is 4.72 Å². The lowest BCUT2D eigenvalue weighted by atomic mass is 10.1. The monoisotopic (exact) mass is 424 g/mol. The molecular weight excluding hydrogens is 404 g/mol. The number of hydrogen-bond acceptors (Lipinski definition) is 6. The molecule has 144 valence electrons. The highest BCUT2D eigenvalue weighted by Crippen LogP contribution is 2.29. The highest BCUT2D eigenvalue weighted by molar-refractivity contribution is 7.93. The summed E-state index contributed by atoms with van der Waals surface area (Å²) < 4.78 is 52.2. The first-order valence-corrected chi connectivity index (χ1v) is 12.4. The van der Waals surface area contributed by atoms with E-state index in [1.165, 1.54) is 0 Å². The maximum atomic E-state index is 12.5. The molecule has 0 aliphatic carbocycles. The molecule has 0 aliphatic heterocycles. The topological polar surface area (TPSA) is 93.2 Å². The number of hydrogen-bond donors (Lipinski definition) is 1. The number of thiazole rings is 1. The zero-order chi connectivity index (χ0) is 19.8. The van der Waals surface area contributed by atoms with Crippen molar-refractivity contribution in [2.24, 2.45) is 0 Å². The Morgan fingerprint density at radius 3 is 2.41 bits per heavy atom. The first-order valence-electron chi connectivity index (χ1n) is 8.29. The van der Waals surface area contributed by atoms with Crippen molar-refractivity contribution in [2.45, 2.75) is 30.9 Å². The molecule has 2 aromatic carbocycles. The average molecular weight is 425 g/mol. The summed E-state index contributed by atoms with van der Waals surface area (Å²) in [6.07, 6.45) is 0. The van der Waals surface area contributed by atoms with Crippen LogP contribution < -0.4 is 4.72 Å². The van der Waals surface area contributed by atoms with Crippen LogP contribution in [0.15, 0.2) is 40.7 Å². The summed E-state index contributed by atoms with van der Waals surface area (Å²) in [6.45, 7) is 5.48. The van der Waals surface area contributed by atoms with Crippen molar-refractivity contribution in [2.75, 3.05) is 10.5 Å². The van der Waals surface area contributed by atoms with Crippen LogP contribution in [-0.2, 0) is 25.6 Å². The summed E-state index contributed by atoms with van der Waals surface area (Å²) in [5.74, 6) is -0.160. The van der Waals surface area contributed by atoms with Gasteiger partial charge >= 0.3 is 0 Å². The fraction of sp³-hybridized carbons (Fsp3) is 0.278. The van der Waals surface area contributed by atoms with Crippen LogP contribution in [0, 0.1) is 13.8 Å². The van der Waals surface area contributed by atoms with Crippen LogP contribution >= 0.6 is 11.3 Å². The van der Waals surface area contributed by atoms with Crippen molar-refractivity contribution in [3.63, 3.8) is 0 Å². The Morgan fingerprint density at radius 1 is 1.00 bits per heavy atom. The summed E-state index contributed by atoms with van der Waals surface area (Å²) in [7, 11) is -6.98. The minimum absolute atomic E-state index is 0.0255. The number of anilines is 1. The van der Waals surface area contributed by atoms with Crippen LogP contribution in [-0.4, -0.2) is 27.6 Å².